The SMILES string of the molecule is CCCCCCCCC=CCCCCCCCC(=O)OP(=O)(OCC)C(=O)CCCCCCCC=CCCCCCCCC. The molecule has 0 N–H and O–H groups in total. The highest BCUT2D eigenvalue weighted by molar-refractivity contribution is 7.72. The molecule has 0 fully saturated rings. The Kier molecular flexibility index (Phi) is 32.3. The summed E-state index contributed by atoms with van der Waals surface area (Å²) in [6.07, 6.45) is 40.2. The first-order valence-electron chi connectivity index (χ1n) is 18.8. The Balaban J connectivity index is 3.87. The summed E-state index contributed by atoms with van der Waals surface area (Å²) in [6, 6.07) is 0. The zero-order valence-corrected chi connectivity index (χ0v) is 30.2. The van der Waals surface area contributed by atoms with Crippen LogP contribution in [0, 0.1) is 0 Å². The summed E-state index contributed by atoms with van der Waals surface area (Å²) in [4.78, 5) is 25.0. The maximum absolute atomic E-state index is 13.0. The first-order chi connectivity index (χ1) is 21.5. The lowest BCUT2D eigenvalue weighted by Crippen LogP contribution is -2.11. The Hall–Kier alpha value is -1.19. The molecule has 0 amide bonds. The average Bonchev–Trinajstić information content (AvgIpc) is 3.01. The van der Waals surface area contributed by atoms with Crippen LogP contribution in [-0.4, -0.2) is 18.1 Å². The van der Waals surface area contributed by atoms with E-state index in [1.807, 2.05) is 0 Å². The molecule has 0 rings (SSSR count). The smallest absolute Gasteiger partial charge is 0.386 e. The number of unbranched alkanes of at least 4 members (excludes halogenated alkanes) is 22. The largest absolute Gasteiger partial charge is 0.448 e. The van der Waals surface area contributed by atoms with Crippen molar-refractivity contribution in [3.8, 4) is 0 Å². The van der Waals surface area contributed by atoms with Gasteiger partial charge in [0.15, 0.2) is 0 Å². The summed E-state index contributed by atoms with van der Waals surface area (Å²) >= 11 is 0. The lowest BCUT2D eigenvalue weighted by Gasteiger charge is -2.16. The van der Waals surface area contributed by atoms with Crippen molar-refractivity contribution in [2.24, 2.45) is 0 Å². The molecule has 0 aliphatic heterocycles. The zero-order chi connectivity index (χ0) is 32.4. The lowest BCUT2D eigenvalue weighted by molar-refractivity contribution is -0.136. The van der Waals surface area contributed by atoms with Gasteiger partial charge < -0.3 is 4.52 Å². The maximum atomic E-state index is 13.0. The molecule has 0 bridgehead atoms. The minimum atomic E-state index is -4.05. The van der Waals surface area contributed by atoms with Gasteiger partial charge in [0.1, 0.15) is 0 Å². The van der Waals surface area contributed by atoms with Crippen LogP contribution in [0.25, 0.3) is 0 Å². The molecule has 6 heteroatoms. The maximum Gasteiger partial charge on any atom is 0.448 e. The van der Waals surface area contributed by atoms with E-state index < -0.39 is 19.1 Å². The van der Waals surface area contributed by atoms with Crippen molar-refractivity contribution >= 4 is 19.1 Å². The molecule has 0 aromatic carbocycles. The van der Waals surface area contributed by atoms with E-state index in [1.54, 1.807) is 6.92 Å². The van der Waals surface area contributed by atoms with Crippen LogP contribution in [0.4, 0.5) is 0 Å². The second kappa shape index (κ2) is 33.2. The predicted molar refractivity (Wildman–Crippen MR) is 189 cm³/mol. The van der Waals surface area contributed by atoms with Crippen molar-refractivity contribution in [3.63, 3.8) is 0 Å². The van der Waals surface area contributed by atoms with Gasteiger partial charge in [0.05, 0.1) is 6.61 Å². The second-order valence-electron chi connectivity index (χ2n) is 12.4. The van der Waals surface area contributed by atoms with Crippen molar-refractivity contribution in [3.05, 3.63) is 24.3 Å². The minimum absolute atomic E-state index is 0.0794. The summed E-state index contributed by atoms with van der Waals surface area (Å²) in [7, 11) is -4.05. The van der Waals surface area contributed by atoms with Gasteiger partial charge >= 0.3 is 13.6 Å². The van der Waals surface area contributed by atoms with E-state index in [0.29, 0.717) is 12.8 Å². The highest BCUT2D eigenvalue weighted by Crippen LogP contribution is 2.50. The fourth-order valence-corrected chi connectivity index (χ4v) is 6.75. The van der Waals surface area contributed by atoms with E-state index in [2.05, 4.69) is 38.2 Å². The first kappa shape index (κ1) is 42.8. The summed E-state index contributed by atoms with van der Waals surface area (Å²) in [5.74, 6) is -0.586. The summed E-state index contributed by atoms with van der Waals surface area (Å²) < 4.78 is 23.4. The van der Waals surface area contributed by atoms with E-state index in [1.165, 1.54) is 96.3 Å². The molecule has 0 aromatic heterocycles. The van der Waals surface area contributed by atoms with Crippen LogP contribution in [0.15, 0.2) is 24.3 Å². The molecule has 0 saturated carbocycles. The third-order valence-electron chi connectivity index (χ3n) is 8.12. The number of hydrogen-bond acceptors (Lipinski definition) is 5. The molecule has 44 heavy (non-hydrogen) atoms. The van der Waals surface area contributed by atoms with E-state index in [-0.39, 0.29) is 19.4 Å². The van der Waals surface area contributed by atoms with Gasteiger partial charge in [-0.15, -0.1) is 0 Å². The first-order valence-corrected chi connectivity index (χ1v) is 20.3. The number of allylic oxidation sites excluding steroid dienone is 4. The van der Waals surface area contributed by atoms with Gasteiger partial charge in [0.2, 0.25) is 0 Å². The Morgan fingerprint density at radius 3 is 1.20 bits per heavy atom. The van der Waals surface area contributed by atoms with Crippen molar-refractivity contribution < 1.29 is 23.2 Å². The van der Waals surface area contributed by atoms with Gasteiger partial charge in [-0.3, -0.25) is 14.1 Å². The van der Waals surface area contributed by atoms with Crippen LogP contribution in [-0.2, 0) is 23.2 Å². The van der Waals surface area contributed by atoms with E-state index >= 15 is 0 Å². The summed E-state index contributed by atoms with van der Waals surface area (Å²) in [6.45, 7) is 6.25. The van der Waals surface area contributed by atoms with Crippen LogP contribution in [0.5, 0.6) is 0 Å². The van der Waals surface area contributed by atoms with Crippen LogP contribution in [0.1, 0.15) is 201 Å². The zero-order valence-electron chi connectivity index (χ0n) is 29.3. The molecule has 0 aromatic rings. The molecule has 1 unspecified atom stereocenters. The number of carbonyl (C=O) groups excluding carboxylic acids is 2. The van der Waals surface area contributed by atoms with E-state index in [9.17, 15) is 14.2 Å². The topological polar surface area (TPSA) is 69.7 Å². The van der Waals surface area contributed by atoms with Crippen LogP contribution < -0.4 is 0 Å². The standard InChI is InChI=1S/C38H71O5P/c1-4-7-9-11-13-15-17-19-21-23-25-27-29-31-33-35-37(39)43-44(41,42-6-3)38(40)36-34-32-30-28-26-24-22-20-18-16-14-12-10-8-5-2/h19-22H,4-18,23-36H2,1-3H3. The number of hydrogen-bond donors (Lipinski definition) is 0. The Labute approximate surface area is 273 Å². The number of carbonyl (C=O) groups is 2. The Bertz CT molecular complexity index is 760. The Morgan fingerprint density at radius 2 is 0.818 bits per heavy atom. The molecule has 5 nitrogen and oxygen atoms in total. The monoisotopic (exact) mass is 639 g/mol. The van der Waals surface area contributed by atoms with Crippen molar-refractivity contribution in [2.45, 2.75) is 201 Å². The molecule has 258 valence electrons. The fraction of sp³-hybridized carbons (Fsp3) is 0.842. The average molecular weight is 639 g/mol. The normalized spacial score (nSPS) is 13.2. The van der Waals surface area contributed by atoms with Crippen LogP contribution in [0.3, 0.4) is 0 Å². The molecular weight excluding hydrogens is 567 g/mol. The Morgan fingerprint density at radius 1 is 0.477 bits per heavy atom. The lowest BCUT2D eigenvalue weighted by atomic mass is 10.1. The molecule has 1 atom stereocenters. The van der Waals surface area contributed by atoms with E-state index in [0.717, 1.165) is 57.8 Å². The van der Waals surface area contributed by atoms with Gasteiger partial charge in [0, 0.05) is 12.8 Å². The molecular formula is C38H71O5P. The molecule has 0 saturated heterocycles. The van der Waals surface area contributed by atoms with Crippen molar-refractivity contribution in [2.75, 3.05) is 6.61 Å². The molecule has 0 spiro atoms. The summed E-state index contributed by atoms with van der Waals surface area (Å²) in [5.41, 5.74) is -0.560. The highest BCUT2D eigenvalue weighted by atomic mass is 31.2. The van der Waals surface area contributed by atoms with Gasteiger partial charge in [-0.2, -0.15) is 0 Å². The molecule has 0 aliphatic carbocycles. The number of rotatable bonds is 34. The minimum Gasteiger partial charge on any atom is -0.386 e. The predicted octanol–water partition coefficient (Wildman–Crippen LogP) is 13.4. The molecule has 0 aliphatic rings. The van der Waals surface area contributed by atoms with Crippen molar-refractivity contribution in [1.82, 2.24) is 0 Å². The summed E-state index contributed by atoms with van der Waals surface area (Å²) in [5, 5.41) is 0. The van der Waals surface area contributed by atoms with Gasteiger partial charge in [0.25, 0.3) is 5.52 Å². The second-order valence-corrected chi connectivity index (χ2v) is 14.4. The molecule has 0 heterocycles. The van der Waals surface area contributed by atoms with Crippen LogP contribution >= 0.6 is 7.60 Å². The molecule has 0 radical (unpaired) electrons. The van der Waals surface area contributed by atoms with Gasteiger partial charge in [-0.25, -0.2) is 4.57 Å². The highest BCUT2D eigenvalue weighted by Gasteiger charge is 2.37. The fourth-order valence-electron chi connectivity index (χ4n) is 5.32. The van der Waals surface area contributed by atoms with E-state index in [4.69, 9.17) is 9.05 Å². The van der Waals surface area contributed by atoms with Crippen LogP contribution in [0.2, 0.25) is 0 Å². The third-order valence-corrected chi connectivity index (χ3v) is 10.00. The van der Waals surface area contributed by atoms with Crippen molar-refractivity contribution in [1.29, 1.82) is 0 Å². The van der Waals surface area contributed by atoms with Gasteiger partial charge in [-0.1, -0.05) is 141 Å². The van der Waals surface area contributed by atoms with Gasteiger partial charge in [-0.05, 0) is 71.1 Å². The third kappa shape index (κ3) is 28.3. The quantitative estimate of drug-likeness (QED) is 0.0398.